The summed E-state index contributed by atoms with van der Waals surface area (Å²) in [6, 6.07) is 15.7. The van der Waals surface area contributed by atoms with Crippen LogP contribution in [-0.4, -0.2) is 28.7 Å². The van der Waals surface area contributed by atoms with Gasteiger partial charge in [-0.05, 0) is 23.8 Å². The van der Waals surface area contributed by atoms with E-state index in [0.717, 1.165) is 11.1 Å². The van der Waals surface area contributed by atoms with Crippen molar-refractivity contribution in [2.24, 2.45) is 0 Å². The summed E-state index contributed by atoms with van der Waals surface area (Å²) in [5, 5.41) is 10.8. The minimum atomic E-state index is -0.786. The van der Waals surface area contributed by atoms with Crippen molar-refractivity contribution in [2.45, 2.75) is 19.1 Å². The molecule has 0 fully saturated rings. The average molecular weight is 411 g/mol. The second-order valence-electron chi connectivity index (χ2n) is 6.68. The fourth-order valence-corrected chi connectivity index (χ4v) is 3.60. The zero-order chi connectivity index (χ0) is 20.4. The monoisotopic (exact) mass is 410 g/mol. The fraction of sp³-hybridized carbons (Fsp3) is 0.190. The molecule has 2 amide bonds. The van der Waals surface area contributed by atoms with Crippen molar-refractivity contribution in [3.8, 4) is 11.1 Å². The SMILES string of the molecule is COCc1nn2c(c1-c1ccccc1)NC(=O)C[C@H]2C(=O)Nc1cccc(Cl)c1. The number of hydrogen-bond donors (Lipinski definition) is 2. The standard InChI is InChI=1S/C21H19ClN4O3/c1-29-12-16-19(13-6-3-2-4-7-13)20-24-18(27)11-17(26(20)25-16)21(28)23-15-9-5-8-14(22)10-15/h2-10,17H,11-12H2,1H3,(H,23,28)(H,24,27)/t17-/m0/s1. The summed E-state index contributed by atoms with van der Waals surface area (Å²) in [5.41, 5.74) is 2.84. The molecule has 0 saturated carbocycles. The Bertz CT molecular complexity index is 1070. The van der Waals surface area contributed by atoms with E-state index in [0.29, 0.717) is 22.2 Å². The van der Waals surface area contributed by atoms with Crippen LogP contribution >= 0.6 is 11.6 Å². The molecule has 0 spiro atoms. The van der Waals surface area contributed by atoms with E-state index in [-0.39, 0.29) is 24.8 Å². The zero-order valence-corrected chi connectivity index (χ0v) is 16.4. The van der Waals surface area contributed by atoms with Gasteiger partial charge in [0.2, 0.25) is 11.8 Å². The molecule has 1 aromatic heterocycles. The number of nitrogens with one attached hydrogen (secondary N) is 2. The van der Waals surface area contributed by atoms with Gasteiger partial charge in [0.05, 0.1) is 18.7 Å². The zero-order valence-electron chi connectivity index (χ0n) is 15.7. The number of carbonyl (C=O) groups excluding carboxylic acids is 2. The van der Waals surface area contributed by atoms with Crippen molar-refractivity contribution in [1.29, 1.82) is 0 Å². The predicted molar refractivity (Wildman–Crippen MR) is 111 cm³/mol. The van der Waals surface area contributed by atoms with E-state index >= 15 is 0 Å². The average Bonchev–Trinajstić information content (AvgIpc) is 3.06. The Morgan fingerprint density at radius 3 is 2.79 bits per heavy atom. The van der Waals surface area contributed by atoms with Crippen LogP contribution in [0.1, 0.15) is 18.2 Å². The lowest BCUT2D eigenvalue weighted by Gasteiger charge is -2.24. The van der Waals surface area contributed by atoms with Gasteiger partial charge in [-0.25, -0.2) is 4.68 Å². The maximum atomic E-state index is 13.0. The summed E-state index contributed by atoms with van der Waals surface area (Å²) < 4.78 is 6.86. The summed E-state index contributed by atoms with van der Waals surface area (Å²) in [6.07, 6.45) is -0.0122. The van der Waals surface area contributed by atoms with Gasteiger partial charge in [-0.1, -0.05) is 48.0 Å². The molecule has 0 bridgehead atoms. The quantitative estimate of drug-likeness (QED) is 0.668. The Balaban J connectivity index is 1.75. The highest BCUT2D eigenvalue weighted by atomic mass is 35.5. The smallest absolute Gasteiger partial charge is 0.249 e. The van der Waals surface area contributed by atoms with Crippen molar-refractivity contribution < 1.29 is 14.3 Å². The van der Waals surface area contributed by atoms with Crippen LogP contribution in [0.25, 0.3) is 11.1 Å². The molecule has 0 radical (unpaired) electrons. The van der Waals surface area contributed by atoms with Crippen molar-refractivity contribution in [3.05, 3.63) is 65.3 Å². The van der Waals surface area contributed by atoms with Crippen LogP contribution in [0.5, 0.6) is 0 Å². The van der Waals surface area contributed by atoms with Crippen LogP contribution < -0.4 is 10.6 Å². The molecular formula is C21H19ClN4O3. The number of hydrogen-bond acceptors (Lipinski definition) is 4. The fourth-order valence-electron chi connectivity index (χ4n) is 3.41. The molecule has 1 aliphatic heterocycles. The van der Waals surface area contributed by atoms with Gasteiger partial charge in [0.1, 0.15) is 11.9 Å². The van der Waals surface area contributed by atoms with Crippen LogP contribution in [-0.2, 0) is 20.9 Å². The van der Waals surface area contributed by atoms with E-state index < -0.39 is 6.04 Å². The lowest BCUT2D eigenvalue weighted by Crippen LogP contribution is -2.35. The Labute approximate surface area is 172 Å². The number of methoxy groups -OCH3 is 1. The highest BCUT2D eigenvalue weighted by Gasteiger charge is 2.35. The summed E-state index contributed by atoms with van der Waals surface area (Å²) in [5.74, 6) is -0.0926. The second-order valence-corrected chi connectivity index (χ2v) is 7.12. The first-order chi connectivity index (χ1) is 14.1. The van der Waals surface area contributed by atoms with Gasteiger partial charge in [0.25, 0.3) is 0 Å². The van der Waals surface area contributed by atoms with Gasteiger partial charge < -0.3 is 15.4 Å². The highest BCUT2D eigenvalue weighted by molar-refractivity contribution is 6.30. The lowest BCUT2D eigenvalue weighted by atomic mass is 10.0. The third-order valence-electron chi connectivity index (χ3n) is 4.65. The molecule has 2 heterocycles. The van der Waals surface area contributed by atoms with Crippen LogP contribution in [0.3, 0.4) is 0 Å². The number of benzene rings is 2. The Morgan fingerprint density at radius 1 is 1.28 bits per heavy atom. The molecule has 3 aromatic rings. The topological polar surface area (TPSA) is 85.2 Å². The summed E-state index contributed by atoms with van der Waals surface area (Å²) in [7, 11) is 1.58. The third-order valence-corrected chi connectivity index (χ3v) is 4.89. The van der Waals surface area contributed by atoms with Crippen LogP contribution in [0.4, 0.5) is 11.5 Å². The lowest BCUT2D eigenvalue weighted by molar-refractivity contribution is -0.125. The summed E-state index contributed by atoms with van der Waals surface area (Å²) >= 11 is 6.00. The van der Waals surface area contributed by atoms with E-state index in [2.05, 4.69) is 15.7 Å². The molecular weight excluding hydrogens is 392 g/mol. The van der Waals surface area contributed by atoms with Gasteiger partial charge in [0.15, 0.2) is 0 Å². The number of aromatic nitrogens is 2. The van der Waals surface area contributed by atoms with Gasteiger partial charge in [-0.3, -0.25) is 9.59 Å². The van der Waals surface area contributed by atoms with Gasteiger partial charge in [-0.2, -0.15) is 5.10 Å². The molecule has 148 valence electrons. The number of anilines is 2. The number of ether oxygens (including phenoxy) is 1. The molecule has 0 unspecified atom stereocenters. The van der Waals surface area contributed by atoms with Crippen LogP contribution in [0.2, 0.25) is 5.02 Å². The second kappa shape index (κ2) is 8.06. The summed E-state index contributed by atoms with van der Waals surface area (Å²) in [6.45, 7) is 0.253. The van der Waals surface area contributed by atoms with Gasteiger partial charge in [-0.15, -0.1) is 0 Å². The van der Waals surface area contributed by atoms with Crippen LogP contribution in [0, 0.1) is 0 Å². The van der Waals surface area contributed by atoms with E-state index in [9.17, 15) is 9.59 Å². The predicted octanol–water partition coefficient (Wildman–Crippen LogP) is 3.87. The van der Waals surface area contributed by atoms with Crippen molar-refractivity contribution in [3.63, 3.8) is 0 Å². The number of rotatable bonds is 5. The molecule has 29 heavy (non-hydrogen) atoms. The number of halogens is 1. The number of carbonyl (C=O) groups is 2. The van der Waals surface area contributed by atoms with Gasteiger partial charge in [0, 0.05) is 23.4 Å². The molecule has 2 aromatic carbocycles. The Kier molecular flexibility index (Phi) is 5.33. The Morgan fingerprint density at radius 2 is 2.07 bits per heavy atom. The first-order valence-corrected chi connectivity index (χ1v) is 9.46. The third kappa shape index (κ3) is 3.87. The Hall–Kier alpha value is -3.16. The number of amides is 2. The maximum absolute atomic E-state index is 13.0. The molecule has 0 aliphatic carbocycles. The first-order valence-electron chi connectivity index (χ1n) is 9.09. The van der Waals surface area contributed by atoms with Crippen LogP contribution in [0.15, 0.2) is 54.6 Å². The first kappa shape index (κ1) is 19.2. The minimum absolute atomic E-state index is 0.0122. The minimum Gasteiger partial charge on any atom is -0.378 e. The van der Waals surface area contributed by atoms with Gasteiger partial charge >= 0.3 is 0 Å². The van der Waals surface area contributed by atoms with Crippen molar-refractivity contribution in [2.75, 3.05) is 17.7 Å². The normalized spacial score (nSPS) is 15.5. The molecule has 8 heteroatoms. The molecule has 0 saturated heterocycles. The molecule has 7 nitrogen and oxygen atoms in total. The molecule has 4 rings (SSSR count). The molecule has 2 N–H and O–H groups in total. The largest absolute Gasteiger partial charge is 0.378 e. The maximum Gasteiger partial charge on any atom is 0.249 e. The van der Waals surface area contributed by atoms with Crippen molar-refractivity contribution in [1.82, 2.24) is 9.78 Å². The molecule has 1 atom stereocenters. The molecule has 1 aliphatic rings. The summed E-state index contributed by atoms with van der Waals surface area (Å²) in [4.78, 5) is 25.4. The van der Waals surface area contributed by atoms with E-state index in [1.807, 2.05) is 30.3 Å². The van der Waals surface area contributed by atoms with E-state index in [4.69, 9.17) is 16.3 Å². The number of nitrogens with zero attached hydrogens (tertiary/aromatic N) is 2. The van der Waals surface area contributed by atoms with E-state index in [1.165, 1.54) is 0 Å². The number of fused-ring (bicyclic) bond motifs is 1. The highest BCUT2D eigenvalue weighted by Crippen LogP contribution is 2.37. The van der Waals surface area contributed by atoms with Crippen molar-refractivity contribution >= 4 is 34.9 Å². The van der Waals surface area contributed by atoms with E-state index in [1.54, 1.807) is 36.1 Å².